The summed E-state index contributed by atoms with van der Waals surface area (Å²) in [7, 11) is -2.86. The van der Waals surface area contributed by atoms with E-state index in [-0.39, 0.29) is 26.2 Å². The van der Waals surface area contributed by atoms with Crippen molar-refractivity contribution in [1.29, 1.82) is 0 Å². The van der Waals surface area contributed by atoms with Gasteiger partial charge in [-0.15, -0.1) is 12.8 Å². The summed E-state index contributed by atoms with van der Waals surface area (Å²) in [5.41, 5.74) is 0. The van der Waals surface area contributed by atoms with Crippen molar-refractivity contribution in [2.24, 2.45) is 0 Å². The van der Waals surface area contributed by atoms with Crippen molar-refractivity contribution in [3.63, 3.8) is 0 Å². The predicted octanol–water partition coefficient (Wildman–Crippen LogP) is 5.35. The van der Waals surface area contributed by atoms with Crippen molar-refractivity contribution >= 4 is 11.0 Å². The largest absolute Gasteiger partial charge is 0.439 e. The standard InChI is InChI=1S/2C6H5.2C5H5.HO3S.Zr/c2*1-2-4-6-5-3-1;2*1-2-4-5-3-1;1-4(2)3;/h2*1-5H;2*1-3H,4H2;(H,1,2,3);/q5*-1;. The number of benzene rings is 2. The van der Waals surface area contributed by atoms with E-state index in [9.17, 15) is 0 Å². The molecule has 27 heavy (non-hydrogen) atoms. The molecular formula is C22H21O3SZr-5. The second-order valence-corrected chi connectivity index (χ2v) is 4.81. The molecule has 0 fully saturated rings. The molecule has 0 spiro atoms. The first kappa shape index (κ1) is 27.4. The van der Waals surface area contributed by atoms with E-state index in [2.05, 4.69) is 36.4 Å². The molecule has 0 unspecified atom stereocenters. The summed E-state index contributed by atoms with van der Waals surface area (Å²) in [6.45, 7) is 0. The first-order chi connectivity index (χ1) is 12.7. The van der Waals surface area contributed by atoms with Crippen LogP contribution < -0.4 is 0 Å². The molecule has 0 amide bonds. The summed E-state index contributed by atoms with van der Waals surface area (Å²) in [6.07, 6.45) is 20.0. The Bertz CT molecular complexity index is 572. The zero-order valence-electron chi connectivity index (χ0n) is 14.8. The minimum absolute atomic E-state index is 0. The third-order valence-electron chi connectivity index (χ3n) is 2.39. The SMILES string of the molecule is O=[S-](=O)O.[C-]1=CC=CC1.[C-]1=CC=CC1.[Zr].[c-]1ccccc1.[c-]1ccccc1. The maximum atomic E-state index is 8.56. The van der Waals surface area contributed by atoms with E-state index in [1.165, 1.54) is 0 Å². The van der Waals surface area contributed by atoms with Crippen LogP contribution in [-0.2, 0) is 45.6 Å². The van der Waals surface area contributed by atoms with Crippen molar-refractivity contribution in [3.8, 4) is 0 Å². The zero-order chi connectivity index (χ0) is 19.1. The van der Waals surface area contributed by atoms with Gasteiger partial charge in [0.15, 0.2) is 0 Å². The summed E-state index contributed by atoms with van der Waals surface area (Å²) >= 11 is 0. The quantitative estimate of drug-likeness (QED) is 0.252. The third-order valence-corrected chi connectivity index (χ3v) is 2.39. The Morgan fingerprint density at radius 1 is 0.667 bits per heavy atom. The van der Waals surface area contributed by atoms with Gasteiger partial charge in [0.2, 0.25) is 0 Å². The molecule has 0 aliphatic heterocycles. The molecule has 4 rings (SSSR count). The summed E-state index contributed by atoms with van der Waals surface area (Å²) in [6, 6.07) is 25.0. The molecule has 0 bridgehead atoms. The summed E-state index contributed by atoms with van der Waals surface area (Å²) < 4.78 is 24.1. The van der Waals surface area contributed by atoms with E-state index in [1.54, 1.807) is 0 Å². The monoisotopic (exact) mass is 455 g/mol. The Morgan fingerprint density at radius 2 is 1.00 bits per heavy atom. The van der Waals surface area contributed by atoms with Crippen LogP contribution in [0.15, 0.2) is 97.1 Å². The molecule has 2 aliphatic carbocycles. The van der Waals surface area contributed by atoms with Crippen molar-refractivity contribution in [3.05, 3.63) is 121 Å². The van der Waals surface area contributed by atoms with Gasteiger partial charge in [0.1, 0.15) is 0 Å². The van der Waals surface area contributed by atoms with Crippen molar-refractivity contribution in [1.82, 2.24) is 0 Å². The molecule has 0 atom stereocenters. The number of hydrogen-bond acceptors (Lipinski definition) is 3. The van der Waals surface area contributed by atoms with Gasteiger partial charge >= 0.3 is 0 Å². The second-order valence-electron chi connectivity index (χ2n) is 4.38. The van der Waals surface area contributed by atoms with Gasteiger partial charge in [-0.25, -0.2) is 24.3 Å². The van der Waals surface area contributed by atoms with E-state index < -0.39 is 11.0 Å². The molecule has 2 aromatic rings. The van der Waals surface area contributed by atoms with Crippen LogP contribution in [0.2, 0.25) is 0 Å². The van der Waals surface area contributed by atoms with Crippen LogP contribution in [0.3, 0.4) is 0 Å². The van der Waals surface area contributed by atoms with Crippen LogP contribution in [0.25, 0.3) is 0 Å². The van der Waals surface area contributed by atoms with E-state index in [4.69, 9.17) is 13.0 Å². The van der Waals surface area contributed by atoms with E-state index in [0.29, 0.717) is 0 Å². The fourth-order valence-corrected chi connectivity index (χ4v) is 1.36. The average Bonchev–Trinajstić information content (AvgIpc) is 3.43. The Labute approximate surface area is 183 Å². The Balaban J connectivity index is 0. The molecule has 5 heteroatoms. The zero-order valence-corrected chi connectivity index (χ0v) is 18.1. The molecule has 142 valence electrons. The van der Waals surface area contributed by atoms with Gasteiger partial charge in [0.05, 0.1) is 0 Å². The molecule has 0 radical (unpaired) electrons. The van der Waals surface area contributed by atoms with Crippen molar-refractivity contribution < 1.29 is 39.2 Å². The number of hydrogen-bond donors (Lipinski definition) is 1. The molecule has 0 heterocycles. The van der Waals surface area contributed by atoms with Crippen LogP contribution >= 0.6 is 0 Å². The second kappa shape index (κ2) is 24.2. The molecule has 2 aromatic carbocycles. The number of allylic oxidation sites excluding steroid dienone is 8. The van der Waals surface area contributed by atoms with Gasteiger partial charge in [0.25, 0.3) is 0 Å². The molecule has 0 saturated heterocycles. The predicted molar refractivity (Wildman–Crippen MR) is 105 cm³/mol. The Kier molecular flexibility index (Phi) is 24.6. The fraction of sp³-hybridized carbons (Fsp3) is 0.0909. The van der Waals surface area contributed by atoms with Crippen LogP contribution in [-0.4, -0.2) is 4.55 Å². The molecule has 0 saturated carbocycles. The van der Waals surface area contributed by atoms with Gasteiger partial charge < -0.3 is 13.0 Å². The summed E-state index contributed by atoms with van der Waals surface area (Å²) in [5.74, 6) is 0. The number of rotatable bonds is 0. The van der Waals surface area contributed by atoms with Gasteiger partial charge in [0, 0.05) is 37.2 Å². The van der Waals surface area contributed by atoms with Gasteiger partial charge in [-0.2, -0.15) is 84.9 Å². The summed E-state index contributed by atoms with van der Waals surface area (Å²) in [5, 5.41) is 0. The Hall–Kier alpha value is -1.81. The van der Waals surface area contributed by atoms with Gasteiger partial charge in [-0.3, -0.25) is 12.2 Å². The van der Waals surface area contributed by atoms with Crippen molar-refractivity contribution in [2.45, 2.75) is 12.8 Å². The van der Waals surface area contributed by atoms with Crippen LogP contribution in [0.1, 0.15) is 12.8 Å². The maximum absolute atomic E-state index is 8.56. The minimum atomic E-state index is -2.86. The van der Waals surface area contributed by atoms with Crippen LogP contribution in [0, 0.1) is 24.3 Å². The first-order valence-electron chi connectivity index (χ1n) is 7.77. The van der Waals surface area contributed by atoms with Gasteiger partial charge in [-0.1, -0.05) is 0 Å². The normalized spacial score (nSPS) is 11.3. The summed E-state index contributed by atoms with van der Waals surface area (Å²) in [4.78, 5) is 0. The minimum Gasteiger partial charge on any atom is -0.439 e. The molecular weight excluding hydrogens is 436 g/mol. The van der Waals surface area contributed by atoms with E-state index >= 15 is 0 Å². The maximum Gasteiger partial charge on any atom is 0.0495 e. The first-order valence-corrected chi connectivity index (χ1v) is 8.80. The van der Waals surface area contributed by atoms with Gasteiger partial charge in [-0.05, 0) is 0 Å². The van der Waals surface area contributed by atoms with E-state index in [0.717, 1.165) is 12.8 Å². The smallest absolute Gasteiger partial charge is 0.0495 e. The van der Waals surface area contributed by atoms with E-state index in [1.807, 2.05) is 85.0 Å². The van der Waals surface area contributed by atoms with Crippen LogP contribution in [0.4, 0.5) is 0 Å². The van der Waals surface area contributed by atoms with Crippen molar-refractivity contribution in [2.75, 3.05) is 0 Å². The third kappa shape index (κ3) is 29.2. The Morgan fingerprint density at radius 3 is 1.07 bits per heavy atom. The topological polar surface area (TPSA) is 54.4 Å². The fourth-order valence-electron chi connectivity index (χ4n) is 1.36. The average molecular weight is 457 g/mol. The molecule has 2 aliphatic rings. The van der Waals surface area contributed by atoms with Crippen LogP contribution in [0.5, 0.6) is 0 Å². The molecule has 0 aromatic heterocycles. The molecule has 3 nitrogen and oxygen atoms in total. The molecule has 1 N–H and O–H groups in total.